The van der Waals surface area contributed by atoms with Crippen LogP contribution >= 0.6 is 0 Å². The lowest BCUT2D eigenvalue weighted by atomic mass is 9.94. The molecule has 3 rings (SSSR count). The summed E-state index contributed by atoms with van der Waals surface area (Å²) in [5.41, 5.74) is 1.25. The van der Waals surface area contributed by atoms with E-state index in [-0.39, 0.29) is 23.6 Å². The van der Waals surface area contributed by atoms with Crippen molar-refractivity contribution in [1.29, 1.82) is 0 Å². The number of ketones is 1. The number of piperidine rings is 1. The van der Waals surface area contributed by atoms with Gasteiger partial charge in [-0.1, -0.05) is 30.3 Å². The van der Waals surface area contributed by atoms with Crippen molar-refractivity contribution in [1.82, 2.24) is 4.90 Å². The van der Waals surface area contributed by atoms with Crippen molar-refractivity contribution < 1.29 is 14.3 Å². The number of hydrogen-bond acceptors (Lipinski definition) is 4. The van der Waals surface area contributed by atoms with E-state index < -0.39 is 5.92 Å². The number of benzene rings is 1. The van der Waals surface area contributed by atoms with Gasteiger partial charge in [0.15, 0.2) is 5.78 Å². The van der Waals surface area contributed by atoms with Crippen LogP contribution in [0.4, 0.5) is 0 Å². The third kappa shape index (κ3) is 2.36. The van der Waals surface area contributed by atoms with Gasteiger partial charge in [-0.15, -0.1) is 0 Å². The molecule has 20 heavy (non-hydrogen) atoms. The molecule has 1 aliphatic carbocycles. The van der Waals surface area contributed by atoms with Gasteiger partial charge < -0.3 is 4.74 Å². The Kier molecular flexibility index (Phi) is 3.57. The first-order chi connectivity index (χ1) is 9.69. The van der Waals surface area contributed by atoms with E-state index in [0.29, 0.717) is 0 Å². The summed E-state index contributed by atoms with van der Waals surface area (Å²) in [6.07, 6.45) is 0.837. The lowest BCUT2D eigenvalue weighted by molar-refractivity contribution is -0.149. The average molecular weight is 273 g/mol. The number of esters is 1. The highest BCUT2D eigenvalue weighted by atomic mass is 16.5. The first-order valence-corrected chi connectivity index (χ1v) is 7.07. The molecule has 3 atom stereocenters. The van der Waals surface area contributed by atoms with E-state index in [1.165, 1.54) is 12.7 Å². The fraction of sp³-hybridized carbons (Fsp3) is 0.500. The second-order valence-corrected chi connectivity index (χ2v) is 5.78. The first-order valence-electron chi connectivity index (χ1n) is 7.07. The Morgan fingerprint density at radius 3 is 2.75 bits per heavy atom. The molecule has 0 spiro atoms. The van der Waals surface area contributed by atoms with Crippen molar-refractivity contribution in [3.8, 4) is 0 Å². The zero-order chi connectivity index (χ0) is 14.1. The van der Waals surface area contributed by atoms with Crippen molar-refractivity contribution in [3.05, 3.63) is 35.9 Å². The third-order valence-corrected chi connectivity index (χ3v) is 4.44. The molecule has 0 amide bonds. The van der Waals surface area contributed by atoms with Crippen molar-refractivity contribution in [2.24, 2.45) is 17.8 Å². The van der Waals surface area contributed by atoms with Gasteiger partial charge in [0.1, 0.15) is 5.92 Å². The molecular weight excluding hydrogens is 254 g/mol. The predicted molar refractivity (Wildman–Crippen MR) is 73.8 cm³/mol. The number of rotatable bonds is 3. The van der Waals surface area contributed by atoms with Gasteiger partial charge in [-0.05, 0) is 17.9 Å². The molecule has 1 aliphatic heterocycles. The van der Waals surface area contributed by atoms with Crippen molar-refractivity contribution in [2.45, 2.75) is 13.0 Å². The number of methoxy groups -OCH3 is 1. The smallest absolute Gasteiger partial charge is 0.316 e. The predicted octanol–water partition coefficient (Wildman–Crippen LogP) is 1.50. The second-order valence-electron chi connectivity index (χ2n) is 5.78. The van der Waals surface area contributed by atoms with Crippen molar-refractivity contribution >= 4 is 11.8 Å². The van der Waals surface area contributed by atoms with E-state index in [9.17, 15) is 9.59 Å². The van der Waals surface area contributed by atoms with Crippen molar-refractivity contribution in [3.63, 3.8) is 0 Å². The van der Waals surface area contributed by atoms with E-state index in [1.54, 1.807) is 0 Å². The van der Waals surface area contributed by atoms with Gasteiger partial charge in [0, 0.05) is 25.6 Å². The number of ether oxygens (including phenoxy) is 1. The molecule has 4 heteroatoms. The fourth-order valence-corrected chi connectivity index (χ4v) is 3.57. The number of hydrogen-bond donors (Lipinski definition) is 0. The highest BCUT2D eigenvalue weighted by Gasteiger charge is 2.50. The lowest BCUT2D eigenvalue weighted by Crippen LogP contribution is -2.37. The number of Topliss-reactive ketones (excluding diaryl/α,β-unsaturated/α-hetero) is 1. The molecule has 1 aromatic rings. The van der Waals surface area contributed by atoms with Gasteiger partial charge in [0.05, 0.1) is 7.11 Å². The normalized spacial score (nSPS) is 29.4. The van der Waals surface area contributed by atoms with Crippen LogP contribution in [-0.2, 0) is 20.9 Å². The van der Waals surface area contributed by atoms with Crippen LogP contribution in [0.15, 0.2) is 30.3 Å². The van der Waals surface area contributed by atoms with Crippen LogP contribution in [0.25, 0.3) is 0 Å². The minimum Gasteiger partial charge on any atom is -0.468 e. The summed E-state index contributed by atoms with van der Waals surface area (Å²) >= 11 is 0. The third-order valence-electron chi connectivity index (χ3n) is 4.44. The molecule has 0 radical (unpaired) electrons. The molecule has 1 saturated heterocycles. The number of carbonyl (C=O) groups is 2. The van der Waals surface area contributed by atoms with Crippen LogP contribution in [0.2, 0.25) is 0 Å². The summed E-state index contributed by atoms with van der Waals surface area (Å²) in [7, 11) is 1.36. The average Bonchev–Trinajstić information content (AvgIpc) is 2.69. The summed E-state index contributed by atoms with van der Waals surface area (Å²) in [5, 5.41) is 0. The Labute approximate surface area is 118 Å². The minimum absolute atomic E-state index is 0.00145. The Balaban J connectivity index is 1.71. The lowest BCUT2D eigenvalue weighted by Gasteiger charge is -2.31. The maximum atomic E-state index is 12.3. The zero-order valence-corrected chi connectivity index (χ0v) is 11.6. The van der Waals surface area contributed by atoms with Gasteiger partial charge in [0.2, 0.25) is 0 Å². The largest absolute Gasteiger partial charge is 0.468 e. The molecule has 1 aromatic carbocycles. The summed E-state index contributed by atoms with van der Waals surface area (Å²) in [6.45, 7) is 2.41. The monoisotopic (exact) mass is 273 g/mol. The maximum Gasteiger partial charge on any atom is 0.316 e. The Morgan fingerprint density at radius 2 is 2.05 bits per heavy atom. The van der Waals surface area contributed by atoms with E-state index in [1.807, 2.05) is 18.2 Å². The number of carbonyl (C=O) groups excluding carboxylic acids is 2. The number of nitrogens with zero attached hydrogens (tertiary/aromatic N) is 1. The van der Waals surface area contributed by atoms with Crippen LogP contribution in [-0.4, -0.2) is 36.9 Å². The quantitative estimate of drug-likeness (QED) is 0.618. The van der Waals surface area contributed by atoms with Gasteiger partial charge in [-0.25, -0.2) is 0 Å². The fourth-order valence-electron chi connectivity index (χ4n) is 3.57. The van der Waals surface area contributed by atoms with E-state index in [0.717, 1.165) is 26.1 Å². The summed E-state index contributed by atoms with van der Waals surface area (Å²) in [6, 6.07) is 10.2. The van der Waals surface area contributed by atoms with Crippen molar-refractivity contribution in [2.75, 3.05) is 20.2 Å². The molecule has 2 fully saturated rings. The van der Waals surface area contributed by atoms with Crippen LogP contribution in [0, 0.1) is 17.8 Å². The van der Waals surface area contributed by atoms with E-state index in [2.05, 4.69) is 17.0 Å². The standard InChI is InChI=1S/C16H19NO3/c1-20-16(19)14-12-7-13(15(14)18)10-17(9-12)8-11-5-3-2-4-6-11/h2-6,12-14H,7-10H2,1H3/t12-,13+,14?/m0/s1. The molecule has 4 nitrogen and oxygen atoms in total. The van der Waals surface area contributed by atoms with E-state index in [4.69, 9.17) is 4.74 Å². The van der Waals surface area contributed by atoms with E-state index >= 15 is 0 Å². The minimum atomic E-state index is -0.536. The van der Waals surface area contributed by atoms with Crippen LogP contribution in [0.1, 0.15) is 12.0 Å². The molecule has 1 heterocycles. The molecule has 0 aromatic heterocycles. The Hall–Kier alpha value is -1.68. The van der Waals surface area contributed by atoms with Crippen LogP contribution < -0.4 is 0 Å². The molecule has 106 valence electrons. The van der Waals surface area contributed by atoms with Crippen LogP contribution in [0.5, 0.6) is 0 Å². The van der Waals surface area contributed by atoms with Gasteiger partial charge >= 0.3 is 5.97 Å². The Bertz CT molecular complexity index is 514. The second kappa shape index (κ2) is 5.37. The van der Waals surface area contributed by atoms with Crippen LogP contribution in [0.3, 0.4) is 0 Å². The van der Waals surface area contributed by atoms with Gasteiger partial charge in [-0.2, -0.15) is 0 Å². The topological polar surface area (TPSA) is 46.6 Å². The molecule has 2 bridgehead atoms. The molecule has 2 aliphatic rings. The van der Waals surface area contributed by atoms with Gasteiger partial charge in [0.25, 0.3) is 0 Å². The zero-order valence-electron chi connectivity index (χ0n) is 11.6. The molecule has 1 saturated carbocycles. The molecule has 1 unspecified atom stereocenters. The molecule has 0 N–H and O–H groups in total. The Morgan fingerprint density at radius 1 is 1.30 bits per heavy atom. The first kappa shape index (κ1) is 13.3. The summed E-state index contributed by atoms with van der Waals surface area (Å²) < 4.78 is 4.79. The number of likely N-dealkylation sites (tertiary alicyclic amines) is 1. The SMILES string of the molecule is COC(=O)C1C(=O)[C@@H]2C[C@H]1CN(Cc1ccccc1)C2. The maximum absolute atomic E-state index is 12.3. The summed E-state index contributed by atoms with van der Waals surface area (Å²) in [5.74, 6) is -0.689. The highest BCUT2D eigenvalue weighted by Crippen LogP contribution is 2.39. The summed E-state index contributed by atoms with van der Waals surface area (Å²) in [4.78, 5) is 26.3. The van der Waals surface area contributed by atoms with Gasteiger partial charge in [-0.3, -0.25) is 14.5 Å². The highest BCUT2D eigenvalue weighted by molar-refractivity contribution is 6.02. The molecular formula is C16H19NO3. The number of fused-ring (bicyclic) bond motifs is 2.